The molecular formula is C18H25N3O. The SMILES string of the molecule is CC(C)C(=O)C(C)C1CCC(C#N)(c2ccc(N)cn2)CC1. The van der Waals surface area contributed by atoms with Gasteiger partial charge in [0.2, 0.25) is 0 Å². The summed E-state index contributed by atoms with van der Waals surface area (Å²) in [7, 11) is 0. The van der Waals surface area contributed by atoms with Gasteiger partial charge in [-0.1, -0.05) is 20.8 Å². The summed E-state index contributed by atoms with van der Waals surface area (Å²) in [5.74, 6) is 0.873. The molecule has 0 saturated heterocycles. The van der Waals surface area contributed by atoms with Crippen molar-refractivity contribution in [2.75, 3.05) is 5.73 Å². The first kappa shape index (κ1) is 16.5. The van der Waals surface area contributed by atoms with E-state index in [9.17, 15) is 10.1 Å². The van der Waals surface area contributed by atoms with Gasteiger partial charge >= 0.3 is 0 Å². The normalized spacial score (nSPS) is 26.4. The summed E-state index contributed by atoms with van der Waals surface area (Å²) in [6, 6.07) is 6.14. The molecule has 1 saturated carbocycles. The van der Waals surface area contributed by atoms with Crippen LogP contribution in [0.4, 0.5) is 5.69 Å². The van der Waals surface area contributed by atoms with Crippen LogP contribution >= 0.6 is 0 Å². The number of hydrogen-bond donors (Lipinski definition) is 1. The van der Waals surface area contributed by atoms with E-state index in [0.717, 1.165) is 31.4 Å². The molecule has 4 heteroatoms. The van der Waals surface area contributed by atoms with Crippen molar-refractivity contribution in [2.24, 2.45) is 17.8 Å². The molecule has 0 bridgehead atoms. The maximum Gasteiger partial charge on any atom is 0.138 e. The summed E-state index contributed by atoms with van der Waals surface area (Å²) in [6.45, 7) is 5.95. The van der Waals surface area contributed by atoms with Gasteiger partial charge in [-0.2, -0.15) is 5.26 Å². The van der Waals surface area contributed by atoms with Crippen molar-refractivity contribution in [2.45, 2.75) is 51.9 Å². The fraction of sp³-hybridized carbons (Fsp3) is 0.611. The van der Waals surface area contributed by atoms with Crippen molar-refractivity contribution in [1.82, 2.24) is 4.98 Å². The molecule has 0 aliphatic heterocycles. The third-order valence-electron chi connectivity index (χ3n) is 5.10. The van der Waals surface area contributed by atoms with E-state index in [1.165, 1.54) is 0 Å². The summed E-state index contributed by atoms with van der Waals surface area (Å²) in [6.07, 6.45) is 4.95. The van der Waals surface area contributed by atoms with Crippen LogP contribution in [0.5, 0.6) is 0 Å². The third-order valence-corrected chi connectivity index (χ3v) is 5.10. The number of nitrogen functional groups attached to an aromatic ring is 1. The lowest BCUT2D eigenvalue weighted by Gasteiger charge is -2.37. The minimum atomic E-state index is -0.523. The fourth-order valence-electron chi connectivity index (χ4n) is 3.50. The Hall–Kier alpha value is -1.89. The molecule has 1 aliphatic rings. The van der Waals surface area contributed by atoms with Gasteiger partial charge in [0.1, 0.15) is 5.78 Å². The molecule has 0 aromatic carbocycles. The molecule has 0 amide bonds. The van der Waals surface area contributed by atoms with E-state index in [2.05, 4.69) is 11.1 Å². The summed E-state index contributed by atoms with van der Waals surface area (Å²) in [5.41, 5.74) is 6.58. The molecule has 1 heterocycles. The van der Waals surface area contributed by atoms with E-state index in [1.54, 1.807) is 12.3 Å². The maximum absolute atomic E-state index is 12.2. The van der Waals surface area contributed by atoms with Gasteiger partial charge < -0.3 is 5.73 Å². The van der Waals surface area contributed by atoms with Crippen LogP contribution in [0.1, 0.15) is 52.1 Å². The number of Topliss-reactive ketones (excluding diaryl/α,β-unsaturated/α-hetero) is 1. The summed E-state index contributed by atoms with van der Waals surface area (Å²) in [5, 5.41) is 9.70. The highest BCUT2D eigenvalue weighted by molar-refractivity contribution is 5.82. The number of rotatable bonds is 4. The Morgan fingerprint density at radius 2 is 2.00 bits per heavy atom. The molecule has 0 radical (unpaired) electrons. The Morgan fingerprint density at radius 1 is 1.36 bits per heavy atom. The number of nitrogens with two attached hydrogens (primary N) is 1. The minimum Gasteiger partial charge on any atom is -0.397 e. The van der Waals surface area contributed by atoms with Crippen molar-refractivity contribution < 1.29 is 4.79 Å². The first-order valence-electron chi connectivity index (χ1n) is 8.06. The Morgan fingerprint density at radius 3 is 2.45 bits per heavy atom. The predicted molar refractivity (Wildman–Crippen MR) is 86.9 cm³/mol. The van der Waals surface area contributed by atoms with E-state index in [-0.39, 0.29) is 11.8 Å². The Kier molecular flexibility index (Phi) is 4.85. The second-order valence-corrected chi connectivity index (χ2v) is 6.85. The molecule has 1 fully saturated rings. The van der Waals surface area contributed by atoms with Crippen LogP contribution in [-0.4, -0.2) is 10.8 Å². The lowest BCUT2D eigenvalue weighted by atomic mass is 9.66. The molecule has 22 heavy (non-hydrogen) atoms. The number of hydrogen-bond acceptors (Lipinski definition) is 4. The number of aromatic nitrogens is 1. The third kappa shape index (κ3) is 3.14. The smallest absolute Gasteiger partial charge is 0.138 e. The van der Waals surface area contributed by atoms with E-state index >= 15 is 0 Å². The number of anilines is 1. The highest BCUT2D eigenvalue weighted by Gasteiger charge is 2.40. The molecule has 1 unspecified atom stereocenters. The Labute approximate surface area is 132 Å². The van der Waals surface area contributed by atoms with Crippen LogP contribution in [0.2, 0.25) is 0 Å². The van der Waals surface area contributed by atoms with Crippen LogP contribution in [0.3, 0.4) is 0 Å². The van der Waals surface area contributed by atoms with Crippen molar-refractivity contribution in [1.29, 1.82) is 5.26 Å². The average Bonchev–Trinajstić information content (AvgIpc) is 2.54. The van der Waals surface area contributed by atoms with Gasteiger partial charge in [-0.25, -0.2) is 0 Å². The van der Waals surface area contributed by atoms with Gasteiger partial charge in [0.25, 0.3) is 0 Å². The van der Waals surface area contributed by atoms with Gasteiger partial charge in [0.05, 0.1) is 29.1 Å². The van der Waals surface area contributed by atoms with E-state index < -0.39 is 5.41 Å². The highest BCUT2D eigenvalue weighted by atomic mass is 16.1. The molecule has 2 N–H and O–H groups in total. The molecule has 1 aromatic rings. The summed E-state index contributed by atoms with van der Waals surface area (Å²) in [4.78, 5) is 16.6. The number of carbonyl (C=O) groups excluding carboxylic acids is 1. The fourth-order valence-corrected chi connectivity index (χ4v) is 3.50. The van der Waals surface area contributed by atoms with Gasteiger partial charge in [0, 0.05) is 11.8 Å². The van der Waals surface area contributed by atoms with Gasteiger partial charge in [-0.05, 0) is 43.7 Å². The van der Waals surface area contributed by atoms with Crippen LogP contribution in [0.15, 0.2) is 18.3 Å². The maximum atomic E-state index is 12.2. The van der Waals surface area contributed by atoms with Gasteiger partial charge in [0.15, 0.2) is 0 Å². The number of nitriles is 1. The van der Waals surface area contributed by atoms with Crippen LogP contribution in [0, 0.1) is 29.1 Å². The topological polar surface area (TPSA) is 79.8 Å². The number of ketones is 1. The first-order valence-corrected chi connectivity index (χ1v) is 8.06. The first-order chi connectivity index (χ1) is 10.4. The lowest BCUT2D eigenvalue weighted by Crippen LogP contribution is -2.35. The molecule has 1 aromatic heterocycles. The second-order valence-electron chi connectivity index (χ2n) is 6.85. The van der Waals surface area contributed by atoms with Gasteiger partial charge in [-0.15, -0.1) is 0 Å². The quantitative estimate of drug-likeness (QED) is 0.923. The zero-order chi connectivity index (χ0) is 16.3. The highest BCUT2D eigenvalue weighted by Crippen LogP contribution is 2.43. The Bertz CT molecular complexity index is 563. The van der Waals surface area contributed by atoms with Crippen molar-refractivity contribution in [3.8, 4) is 6.07 Å². The minimum absolute atomic E-state index is 0.0797. The number of carbonyl (C=O) groups is 1. The molecule has 4 nitrogen and oxygen atoms in total. The van der Waals surface area contributed by atoms with Crippen molar-refractivity contribution in [3.05, 3.63) is 24.0 Å². The van der Waals surface area contributed by atoms with E-state index in [4.69, 9.17) is 5.73 Å². The van der Waals surface area contributed by atoms with Crippen molar-refractivity contribution in [3.63, 3.8) is 0 Å². The molecule has 1 aliphatic carbocycles. The standard InChI is InChI=1S/C18H25N3O/c1-12(2)17(22)13(3)14-6-8-18(11-19,9-7-14)16-5-4-15(20)10-21-16/h4-5,10,12-14H,6-9,20H2,1-3H3. The monoisotopic (exact) mass is 299 g/mol. The summed E-state index contributed by atoms with van der Waals surface area (Å²) < 4.78 is 0. The lowest BCUT2D eigenvalue weighted by molar-refractivity contribution is -0.127. The zero-order valence-corrected chi connectivity index (χ0v) is 13.7. The molecule has 118 valence electrons. The summed E-state index contributed by atoms with van der Waals surface area (Å²) >= 11 is 0. The molecule has 1 atom stereocenters. The number of nitrogens with zero attached hydrogens (tertiary/aromatic N) is 2. The van der Waals surface area contributed by atoms with Crippen molar-refractivity contribution >= 4 is 11.5 Å². The predicted octanol–water partition coefficient (Wildman–Crippen LogP) is 3.48. The molecular weight excluding hydrogens is 274 g/mol. The van der Waals surface area contributed by atoms with Crippen LogP contribution in [-0.2, 0) is 10.2 Å². The van der Waals surface area contributed by atoms with Gasteiger partial charge in [-0.3, -0.25) is 9.78 Å². The van der Waals surface area contributed by atoms with Crippen LogP contribution < -0.4 is 5.73 Å². The Balaban J connectivity index is 2.10. The molecule has 2 rings (SSSR count). The zero-order valence-electron chi connectivity index (χ0n) is 13.7. The number of pyridine rings is 1. The average molecular weight is 299 g/mol. The van der Waals surface area contributed by atoms with Crippen LogP contribution in [0.25, 0.3) is 0 Å². The molecule has 0 spiro atoms. The second kappa shape index (κ2) is 6.48. The van der Waals surface area contributed by atoms with E-state index in [0.29, 0.717) is 17.4 Å². The largest absolute Gasteiger partial charge is 0.397 e. The van der Waals surface area contributed by atoms with E-state index in [1.807, 2.05) is 26.8 Å².